The van der Waals surface area contributed by atoms with Crippen molar-refractivity contribution < 1.29 is 5.11 Å². The summed E-state index contributed by atoms with van der Waals surface area (Å²) in [5, 5.41) is 14.7. The van der Waals surface area contributed by atoms with E-state index in [1.807, 2.05) is 33.8 Å². The average Bonchev–Trinajstić information content (AvgIpc) is 2.83. The number of hydrogen-bond donors (Lipinski definition) is 2. The Balaban J connectivity index is 0.000000807. The first-order valence-electron chi connectivity index (χ1n) is 12.1. The van der Waals surface area contributed by atoms with Gasteiger partial charge < -0.3 is 10.4 Å². The minimum absolute atomic E-state index is 0.0631. The van der Waals surface area contributed by atoms with Gasteiger partial charge in [0.05, 0.1) is 6.10 Å². The number of dihydropyridines is 1. The molecule has 1 aromatic carbocycles. The molecule has 2 aliphatic heterocycles. The van der Waals surface area contributed by atoms with E-state index in [-0.39, 0.29) is 12.0 Å². The van der Waals surface area contributed by atoms with E-state index in [0.29, 0.717) is 0 Å². The Morgan fingerprint density at radius 1 is 1.06 bits per heavy atom. The van der Waals surface area contributed by atoms with Crippen molar-refractivity contribution in [3.63, 3.8) is 0 Å². The number of piperidine rings is 1. The fraction of sp³-hybridized carbons (Fsp3) is 0.464. The van der Waals surface area contributed by atoms with Crippen molar-refractivity contribution in [3.8, 4) is 0 Å². The first-order chi connectivity index (χ1) is 15.3. The molecular weight excluding hydrogens is 380 g/mol. The summed E-state index contributed by atoms with van der Waals surface area (Å²) in [6.07, 6.45) is 17.4. The Labute approximate surface area is 189 Å². The van der Waals surface area contributed by atoms with E-state index in [1.54, 1.807) is 0 Å². The Kier molecular flexibility index (Phi) is 11.3. The predicted molar refractivity (Wildman–Crippen MR) is 134 cm³/mol. The van der Waals surface area contributed by atoms with Crippen molar-refractivity contribution in [1.29, 1.82) is 0 Å². The SMILES string of the molecule is CC.CC.OC(C1=CC(Cc2ccccc2)=N/C2=C/C/C=C\C=CC12)C1CCCCN1. The van der Waals surface area contributed by atoms with Gasteiger partial charge in [-0.25, -0.2) is 0 Å². The molecule has 0 aromatic heterocycles. The molecule has 31 heavy (non-hydrogen) atoms. The second kappa shape index (κ2) is 14.0. The molecule has 4 rings (SSSR count). The van der Waals surface area contributed by atoms with Crippen LogP contribution in [0, 0.1) is 5.92 Å². The van der Waals surface area contributed by atoms with Gasteiger partial charge in [-0.15, -0.1) is 0 Å². The zero-order valence-corrected chi connectivity index (χ0v) is 19.7. The highest BCUT2D eigenvalue weighted by atomic mass is 16.3. The number of rotatable bonds is 4. The number of benzene rings is 1. The van der Waals surface area contributed by atoms with Crippen LogP contribution in [-0.2, 0) is 6.42 Å². The summed E-state index contributed by atoms with van der Waals surface area (Å²) in [5.74, 6) is 0.0631. The molecule has 0 saturated carbocycles. The molecule has 1 fully saturated rings. The zero-order chi connectivity index (χ0) is 22.5. The highest BCUT2D eigenvalue weighted by molar-refractivity contribution is 5.99. The summed E-state index contributed by atoms with van der Waals surface area (Å²) in [6.45, 7) is 8.99. The predicted octanol–water partition coefficient (Wildman–Crippen LogP) is 6.18. The minimum Gasteiger partial charge on any atom is -0.387 e. The lowest BCUT2D eigenvalue weighted by Gasteiger charge is -2.34. The summed E-state index contributed by atoms with van der Waals surface area (Å²) in [5.41, 5.74) is 4.42. The van der Waals surface area contributed by atoms with Crippen molar-refractivity contribution in [1.82, 2.24) is 5.32 Å². The second-order valence-electron chi connectivity index (χ2n) is 7.57. The number of hydrogen-bond acceptors (Lipinski definition) is 3. The third-order valence-corrected chi connectivity index (χ3v) is 5.60. The van der Waals surface area contributed by atoms with Gasteiger partial charge in [0, 0.05) is 29.8 Å². The molecule has 3 aliphatic rings. The number of nitrogens with zero attached hydrogens (tertiary/aromatic N) is 1. The van der Waals surface area contributed by atoms with Crippen LogP contribution in [0.15, 0.2) is 83.1 Å². The summed E-state index contributed by atoms with van der Waals surface area (Å²) in [7, 11) is 0. The van der Waals surface area contributed by atoms with E-state index in [9.17, 15) is 5.11 Å². The third kappa shape index (κ3) is 7.15. The number of aliphatic hydroxyl groups excluding tert-OH is 1. The highest BCUT2D eigenvalue weighted by Crippen LogP contribution is 2.33. The maximum absolute atomic E-state index is 11.2. The number of fused-ring (bicyclic) bond motifs is 1. The topological polar surface area (TPSA) is 44.6 Å². The number of aliphatic hydroxyl groups is 1. The standard InChI is InChI=1S/C24H28N2O.2C2H6/c27-24(23-14-8-9-15-25-23)21-17-19(16-18-10-4-3-5-11-18)26-22-13-7-2-1-6-12-20(21)22;2*1-2/h1-6,10-13,17,20,23-25,27H,7-9,14-16H2;2*1-2H3/b2-1-,12-6?,22-13+;;. The smallest absolute Gasteiger partial charge is 0.0916 e. The number of nitrogens with one attached hydrogen (secondary N) is 1. The van der Waals surface area contributed by atoms with Crippen LogP contribution in [0.3, 0.4) is 0 Å². The van der Waals surface area contributed by atoms with Crippen LogP contribution >= 0.6 is 0 Å². The van der Waals surface area contributed by atoms with E-state index in [1.165, 1.54) is 18.4 Å². The van der Waals surface area contributed by atoms with Crippen LogP contribution in [0.2, 0.25) is 0 Å². The summed E-state index contributed by atoms with van der Waals surface area (Å²) in [6, 6.07) is 10.6. The van der Waals surface area contributed by atoms with E-state index in [0.717, 1.165) is 42.8 Å². The lowest BCUT2D eigenvalue weighted by atomic mass is 9.82. The van der Waals surface area contributed by atoms with Gasteiger partial charge in [-0.2, -0.15) is 0 Å². The molecule has 3 unspecified atom stereocenters. The molecule has 0 bridgehead atoms. The number of aliphatic imine (C=N–C) groups is 1. The Morgan fingerprint density at radius 3 is 2.55 bits per heavy atom. The van der Waals surface area contributed by atoms with Gasteiger partial charge >= 0.3 is 0 Å². The molecular formula is C28H40N2O. The average molecular weight is 421 g/mol. The van der Waals surface area contributed by atoms with Gasteiger partial charge in [0.1, 0.15) is 0 Å². The van der Waals surface area contributed by atoms with E-state index >= 15 is 0 Å². The van der Waals surface area contributed by atoms with Gasteiger partial charge in [-0.3, -0.25) is 4.99 Å². The number of allylic oxidation sites excluding steroid dienone is 6. The molecule has 3 atom stereocenters. The van der Waals surface area contributed by atoms with Gasteiger partial charge in [0.25, 0.3) is 0 Å². The highest BCUT2D eigenvalue weighted by Gasteiger charge is 2.32. The van der Waals surface area contributed by atoms with Gasteiger partial charge in [-0.1, -0.05) is 94.8 Å². The van der Waals surface area contributed by atoms with Crippen molar-refractivity contribution >= 4 is 5.71 Å². The largest absolute Gasteiger partial charge is 0.387 e. The molecule has 0 amide bonds. The fourth-order valence-electron chi connectivity index (χ4n) is 4.17. The van der Waals surface area contributed by atoms with Crippen LogP contribution in [0.25, 0.3) is 0 Å². The van der Waals surface area contributed by atoms with Crippen LogP contribution in [0.1, 0.15) is 58.9 Å². The van der Waals surface area contributed by atoms with Gasteiger partial charge in [0.2, 0.25) is 0 Å². The van der Waals surface area contributed by atoms with E-state index in [2.05, 4.69) is 66.0 Å². The molecule has 3 nitrogen and oxygen atoms in total. The lowest BCUT2D eigenvalue weighted by molar-refractivity contribution is 0.138. The Morgan fingerprint density at radius 2 is 1.84 bits per heavy atom. The molecule has 1 saturated heterocycles. The Hall–Kier alpha value is -2.23. The van der Waals surface area contributed by atoms with Crippen molar-refractivity contribution in [2.45, 2.75) is 71.9 Å². The van der Waals surface area contributed by atoms with Gasteiger partial charge in [-0.05, 0) is 43.0 Å². The normalized spacial score (nSPS) is 25.9. The first-order valence-corrected chi connectivity index (χ1v) is 12.1. The van der Waals surface area contributed by atoms with E-state index in [4.69, 9.17) is 4.99 Å². The molecule has 0 spiro atoms. The zero-order valence-electron chi connectivity index (χ0n) is 19.7. The summed E-state index contributed by atoms with van der Waals surface area (Å²) in [4.78, 5) is 4.96. The van der Waals surface area contributed by atoms with E-state index < -0.39 is 6.10 Å². The van der Waals surface area contributed by atoms with Crippen LogP contribution in [0.5, 0.6) is 0 Å². The Bertz CT molecular complexity index is 796. The first kappa shape index (κ1) is 25.0. The minimum atomic E-state index is -0.479. The molecule has 1 aliphatic carbocycles. The maximum atomic E-state index is 11.2. The molecule has 2 N–H and O–H groups in total. The molecule has 3 heteroatoms. The molecule has 168 valence electrons. The fourth-order valence-corrected chi connectivity index (χ4v) is 4.17. The van der Waals surface area contributed by atoms with Crippen LogP contribution < -0.4 is 5.32 Å². The lowest BCUT2D eigenvalue weighted by Crippen LogP contribution is -2.45. The van der Waals surface area contributed by atoms with Crippen molar-refractivity contribution in [2.24, 2.45) is 10.9 Å². The van der Waals surface area contributed by atoms with Gasteiger partial charge in [0.15, 0.2) is 0 Å². The summed E-state index contributed by atoms with van der Waals surface area (Å²) >= 11 is 0. The molecule has 1 aromatic rings. The van der Waals surface area contributed by atoms with Crippen LogP contribution in [0.4, 0.5) is 0 Å². The summed E-state index contributed by atoms with van der Waals surface area (Å²) < 4.78 is 0. The van der Waals surface area contributed by atoms with Crippen molar-refractivity contribution in [2.75, 3.05) is 6.54 Å². The third-order valence-electron chi connectivity index (χ3n) is 5.60. The monoisotopic (exact) mass is 420 g/mol. The maximum Gasteiger partial charge on any atom is 0.0916 e. The second-order valence-corrected chi connectivity index (χ2v) is 7.57. The van der Waals surface area contributed by atoms with Crippen LogP contribution in [-0.4, -0.2) is 29.5 Å². The quantitative estimate of drug-likeness (QED) is 0.611. The molecule has 0 radical (unpaired) electrons. The molecule has 2 heterocycles. The van der Waals surface area contributed by atoms with Crippen molar-refractivity contribution in [3.05, 3.63) is 83.6 Å².